The van der Waals surface area contributed by atoms with Gasteiger partial charge in [-0.1, -0.05) is 35.9 Å². The summed E-state index contributed by atoms with van der Waals surface area (Å²) >= 11 is 0. The zero-order valence-electron chi connectivity index (χ0n) is 11.5. The molecule has 1 aliphatic rings. The first kappa shape index (κ1) is 12.2. The molecule has 19 heavy (non-hydrogen) atoms. The molecule has 0 fully saturated rings. The third-order valence-corrected chi connectivity index (χ3v) is 3.73. The van der Waals surface area contributed by atoms with Crippen molar-refractivity contribution in [2.75, 3.05) is 7.11 Å². The fraction of sp³-hybridized carbons (Fsp3) is 0.294. The van der Waals surface area contributed by atoms with Crippen molar-refractivity contribution in [1.82, 2.24) is 4.90 Å². The molecule has 2 aromatic rings. The van der Waals surface area contributed by atoms with Crippen LogP contribution < -0.4 is 4.74 Å². The summed E-state index contributed by atoms with van der Waals surface area (Å²) in [4.78, 5) is 2.47. The normalized spacial score (nSPS) is 14.4. The van der Waals surface area contributed by atoms with Crippen LogP contribution in [-0.2, 0) is 19.6 Å². The molecule has 1 heterocycles. The van der Waals surface area contributed by atoms with Gasteiger partial charge in [-0.15, -0.1) is 0 Å². The number of fused-ring (bicyclic) bond motifs is 1. The quantitative estimate of drug-likeness (QED) is 0.830. The van der Waals surface area contributed by atoms with E-state index in [1.807, 2.05) is 6.07 Å². The maximum atomic E-state index is 5.29. The lowest BCUT2D eigenvalue weighted by molar-refractivity contribution is 0.275. The average Bonchev–Trinajstić information content (AvgIpc) is 2.82. The second kappa shape index (κ2) is 5.06. The van der Waals surface area contributed by atoms with E-state index in [1.165, 1.54) is 22.3 Å². The first-order valence-corrected chi connectivity index (χ1v) is 6.68. The molecule has 0 aromatic heterocycles. The van der Waals surface area contributed by atoms with Gasteiger partial charge in [-0.25, -0.2) is 0 Å². The average molecular weight is 253 g/mol. The minimum Gasteiger partial charge on any atom is -0.497 e. The van der Waals surface area contributed by atoms with Gasteiger partial charge in [0, 0.05) is 19.6 Å². The molecule has 0 radical (unpaired) electrons. The maximum Gasteiger partial charge on any atom is 0.119 e. The molecule has 2 heteroatoms. The van der Waals surface area contributed by atoms with Gasteiger partial charge < -0.3 is 4.74 Å². The van der Waals surface area contributed by atoms with Crippen LogP contribution in [0.1, 0.15) is 22.3 Å². The van der Waals surface area contributed by atoms with Gasteiger partial charge in [0.15, 0.2) is 0 Å². The SMILES string of the molecule is COc1ccc2c(c1)CN(Cc1ccc(C)cc1)C2. The Balaban J connectivity index is 1.71. The number of hydrogen-bond donors (Lipinski definition) is 0. The van der Waals surface area contributed by atoms with E-state index < -0.39 is 0 Å². The zero-order valence-corrected chi connectivity index (χ0v) is 11.5. The fourth-order valence-corrected chi connectivity index (χ4v) is 2.63. The van der Waals surface area contributed by atoms with Crippen LogP contribution in [0.15, 0.2) is 42.5 Å². The molecule has 0 unspecified atom stereocenters. The molecular weight excluding hydrogens is 234 g/mol. The van der Waals surface area contributed by atoms with Crippen molar-refractivity contribution < 1.29 is 4.74 Å². The molecule has 0 saturated carbocycles. The van der Waals surface area contributed by atoms with Crippen molar-refractivity contribution in [1.29, 1.82) is 0 Å². The molecule has 0 spiro atoms. The summed E-state index contributed by atoms with van der Waals surface area (Å²) in [6, 6.07) is 15.2. The van der Waals surface area contributed by atoms with Crippen LogP contribution in [-0.4, -0.2) is 12.0 Å². The number of nitrogens with zero attached hydrogens (tertiary/aromatic N) is 1. The van der Waals surface area contributed by atoms with Crippen molar-refractivity contribution in [2.45, 2.75) is 26.6 Å². The molecule has 2 aromatic carbocycles. The molecule has 0 bridgehead atoms. The summed E-state index contributed by atoms with van der Waals surface area (Å²) in [5, 5.41) is 0. The van der Waals surface area contributed by atoms with Gasteiger partial charge in [-0.3, -0.25) is 4.90 Å². The van der Waals surface area contributed by atoms with Gasteiger partial charge >= 0.3 is 0 Å². The molecule has 0 saturated heterocycles. The van der Waals surface area contributed by atoms with E-state index in [-0.39, 0.29) is 0 Å². The van der Waals surface area contributed by atoms with Crippen molar-refractivity contribution in [2.24, 2.45) is 0 Å². The first-order chi connectivity index (χ1) is 9.24. The molecule has 3 rings (SSSR count). The lowest BCUT2D eigenvalue weighted by Crippen LogP contribution is -2.15. The Morgan fingerprint density at radius 3 is 2.47 bits per heavy atom. The van der Waals surface area contributed by atoms with Gasteiger partial charge in [0.2, 0.25) is 0 Å². The molecule has 0 N–H and O–H groups in total. The number of hydrogen-bond acceptors (Lipinski definition) is 2. The van der Waals surface area contributed by atoms with Crippen molar-refractivity contribution in [3.63, 3.8) is 0 Å². The van der Waals surface area contributed by atoms with Crippen LogP contribution in [0.2, 0.25) is 0 Å². The molecular formula is C17H19NO. The summed E-state index contributed by atoms with van der Waals surface area (Å²) in [6.07, 6.45) is 0. The monoisotopic (exact) mass is 253 g/mol. The van der Waals surface area contributed by atoms with Gasteiger partial charge in [0.25, 0.3) is 0 Å². The van der Waals surface area contributed by atoms with Crippen molar-refractivity contribution in [3.05, 3.63) is 64.7 Å². The standard InChI is InChI=1S/C17H19NO/c1-13-3-5-14(6-4-13)10-18-11-15-7-8-17(19-2)9-16(15)12-18/h3-9H,10-12H2,1-2H3. The maximum absolute atomic E-state index is 5.29. The Kier molecular flexibility index (Phi) is 3.26. The zero-order chi connectivity index (χ0) is 13.2. The summed E-state index contributed by atoms with van der Waals surface area (Å²) in [7, 11) is 1.72. The number of ether oxygens (including phenoxy) is 1. The summed E-state index contributed by atoms with van der Waals surface area (Å²) in [6.45, 7) is 5.19. The first-order valence-electron chi connectivity index (χ1n) is 6.68. The molecule has 2 nitrogen and oxygen atoms in total. The smallest absolute Gasteiger partial charge is 0.119 e. The highest BCUT2D eigenvalue weighted by molar-refractivity contribution is 5.38. The summed E-state index contributed by atoms with van der Waals surface area (Å²) < 4.78 is 5.29. The third-order valence-electron chi connectivity index (χ3n) is 3.73. The lowest BCUT2D eigenvalue weighted by Gasteiger charge is -2.14. The lowest BCUT2D eigenvalue weighted by atomic mass is 10.1. The molecule has 0 atom stereocenters. The van der Waals surface area contributed by atoms with Gasteiger partial charge in [0.1, 0.15) is 5.75 Å². The molecule has 0 amide bonds. The highest BCUT2D eigenvalue weighted by Crippen LogP contribution is 2.27. The van der Waals surface area contributed by atoms with E-state index in [2.05, 4.69) is 48.2 Å². The molecule has 98 valence electrons. The highest BCUT2D eigenvalue weighted by atomic mass is 16.5. The number of methoxy groups -OCH3 is 1. The van der Waals surface area contributed by atoms with Crippen LogP contribution in [0.4, 0.5) is 0 Å². The Bertz CT molecular complexity index is 574. The highest BCUT2D eigenvalue weighted by Gasteiger charge is 2.19. The Labute approximate surface area is 114 Å². The minimum absolute atomic E-state index is 0.955. The summed E-state index contributed by atoms with van der Waals surface area (Å²) in [5.74, 6) is 0.955. The fourth-order valence-electron chi connectivity index (χ4n) is 2.63. The van der Waals surface area contributed by atoms with Crippen LogP contribution >= 0.6 is 0 Å². The number of aryl methyl sites for hydroxylation is 1. The number of rotatable bonds is 3. The summed E-state index contributed by atoms with van der Waals surface area (Å²) in [5.41, 5.74) is 5.52. The Hall–Kier alpha value is -1.80. The van der Waals surface area contributed by atoms with E-state index >= 15 is 0 Å². The van der Waals surface area contributed by atoms with Gasteiger partial charge in [0.05, 0.1) is 7.11 Å². The van der Waals surface area contributed by atoms with Crippen LogP contribution in [0, 0.1) is 6.92 Å². The van der Waals surface area contributed by atoms with E-state index in [4.69, 9.17) is 4.74 Å². The molecule has 1 aliphatic heterocycles. The van der Waals surface area contributed by atoms with Crippen molar-refractivity contribution in [3.8, 4) is 5.75 Å². The van der Waals surface area contributed by atoms with Crippen molar-refractivity contribution >= 4 is 0 Å². The third kappa shape index (κ3) is 2.64. The minimum atomic E-state index is 0.955. The van der Waals surface area contributed by atoms with E-state index in [9.17, 15) is 0 Å². The van der Waals surface area contributed by atoms with Crippen LogP contribution in [0.25, 0.3) is 0 Å². The van der Waals surface area contributed by atoms with Crippen LogP contribution in [0.5, 0.6) is 5.75 Å². The number of benzene rings is 2. The topological polar surface area (TPSA) is 12.5 Å². The van der Waals surface area contributed by atoms with E-state index in [0.29, 0.717) is 0 Å². The Morgan fingerprint density at radius 2 is 1.74 bits per heavy atom. The van der Waals surface area contributed by atoms with E-state index in [1.54, 1.807) is 7.11 Å². The Morgan fingerprint density at radius 1 is 1.00 bits per heavy atom. The predicted octanol–water partition coefficient (Wildman–Crippen LogP) is 3.52. The van der Waals surface area contributed by atoms with Gasteiger partial charge in [-0.05, 0) is 35.7 Å². The predicted molar refractivity (Wildman–Crippen MR) is 77.1 cm³/mol. The van der Waals surface area contributed by atoms with Crippen LogP contribution in [0.3, 0.4) is 0 Å². The largest absolute Gasteiger partial charge is 0.497 e. The van der Waals surface area contributed by atoms with E-state index in [0.717, 1.165) is 25.4 Å². The second-order valence-corrected chi connectivity index (χ2v) is 5.27. The second-order valence-electron chi connectivity index (χ2n) is 5.27. The molecule has 0 aliphatic carbocycles. The van der Waals surface area contributed by atoms with Gasteiger partial charge in [-0.2, -0.15) is 0 Å².